The minimum absolute atomic E-state index is 0.0721. The van der Waals surface area contributed by atoms with Crippen molar-refractivity contribution in [3.8, 4) is 0 Å². The second kappa shape index (κ2) is 6.51. The van der Waals surface area contributed by atoms with Gasteiger partial charge in [0, 0.05) is 6.54 Å². The molecule has 2 rings (SSSR count). The van der Waals surface area contributed by atoms with E-state index in [2.05, 4.69) is 15.3 Å². The molecule has 0 saturated carbocycles. The second-order valence-electron chi connectivity index (χ2n) is 5.22. The van der Waals surface area contributed by atoms with Crippen LogP contribution in [0, 0.1) is 5.41 Å². The fourth-order valence-corrected chi connectivity index (χ4v) is 2.28. The summed E-state index contributed by atoms with van der Waals surface area (Å²) < 4.78 is 0. The Bertz CT molecular complexity index is 696. The summed E-state index contributed by atoms with van der Waals surface area (Å²) in [6, 6.07) is 7.26. The molecule has 0 fully saturated rings. The van der Waals surface area contributed by atoms with Crippen LogP contribution in [0.5, 0.6) is 0 Å². The van der Waals surface area contributed by atoms with Crippen LogP contribution in [0.15, 0.2) is 30.5 Å². The van der Waals surface area contributed by atoms with Crippen molar-refractivity contribution >= 4 is 22.9 Å². The third kappa shape index (κ3) is 3.05. The van der Waals surface area contributed by atoms with E-state index in [0.29, 0.717) is 23.9 Å². The molecular weight excluding hydrogens is 282 g/mol. The summed E-state index contributed by atoms with van der Waals surface area (Å²) in [5, 5.41) is 12.0. The van der Waals surface area contributed by atoms with Gasteiger partial charge in [-0.15, -0.1) is 0 Å². The number of carboxylic acids is 1. The smallest absolute Gasteiger partial charge is 0.311 e. The third-order valence-electron chi connectivity index (χ3n) is 4.08. The molecular formula is C16H19N3O3. The number of hydrogen-bond acceptors (Lipinski definition) is 4. The normalized spacial score (nSPS) is 11.4. The summed E-state index contributed by atoms with van der Waals surface area (Å²) in [5.74, 6) is -1.31. The number of carbonyl (C=O) groups is 2. The number of para-hydroxylation sites is 2. The molecule has 0 radical (unpaired) electrons. The summed E-state index contributed by atoms with van der Waals surface area (Å²) in [6.45, 7) is 3.68. The maximum absolute atomic E-state index is 12.2. The Morgan fingerprint density at radius 2 is 1.82 bits per heavy atom. The summed E-state index contributed by atoms with van der Waals surface area (Å²) in [6.07, 6.45) is 2.29. The number of amides is 1. The van der Waals surface area contributed by atoms with E-state index in [4.69, 9.17) is 0 Å². The number of aliphatic carboxylic acids is 1. The second-order valence-corrected chi connectivity index (χ2v) is 5.22. The van der Waals surface area contributed by atoms with Gasteiger partial charge in [0.05, 0.1) is 22.6 Å². The van der Waals surface area contributed by atoms with Crippen molar-refractivity contribution in [1.82, 2.24) is 15.3 Å². The van der Waals surface area contributed by atoms with E-state index >= 15 is 0 Å². The van der Waals surface area contributed by atoms with Gasteiger partial charge in [-0.1, -0.05) is 26.0 Å². The predicted octanol–water partition coefficient (Wildman–Crippen LogP) is 2.25. The number of carboxylic acid groups (broad SMARTS) is 1. The monoisotopic (exact) mass is 301 g/mol. The van der Waals surface area contributed by atoms with Crippen molar-refractivity contribution in [3.05, 3.63) is 36.2 Å². The van der Waals surface area contributed by atoms with E-state index in [1.54, 1.807) is 19.9 Å². The van der Waals surface area contributed by atoms with E-state index in [1.165, 1.54) is 6.20 Å². The average molecular weight is 301 g/mol. The van der Waals surface area contributed by atoms with E-state index in [1.807, 2.05) is 18.2 Å². The van der Waals surface area contributed by atoms with Gasteiger partial charge in [0.2, 0.25) is 0 Å². The molecule has 22 heavy (non-hydrogen) atoms. The lowest BCUT2D eigenvalue weighted by Gasteiger charge is -2.26. The number of aromatic nitrogens is 2. The number of carbonyl (C=O) groups excluding carboxylic acids is 1. The molecule has 0 saturated heterocycles. The topological polar surface area (TPSA) is 92.2 Å². The summed E-state index contributed by atoms with van der Waals surface area (Å²) in [4.78, 5) is 32.0. The van der Waals surface area contributed by atoms with Crippen LogP contribution in [0.4, 0.5) is 0 Å². The van der Waals surface area contributed by atoms with Crippen molar-refractivity contribution < 1.29 is 14.7 Å². The lowest BCUT2D eigenvalue weighted by molar-refractivity contribution is -0.149. The minimum atomic E-state index is -0.945. The van der Waals surface area contributed by atoms with Crippen molar-refractivity contribution in [1.29, 1.82) is 0 Å². The Hall–Kier alpha value is -2.50. The number of nitrogens with zero attached hydrogens (tertiary/aromatic N) is 2. The Balaban J connectivity index is 2.15. The fraction of sp³-hybridized carbons (Fsp3) is 0.375. The first-order valence-electron chi connectivity index (χ1n) is 7.26. The van der Waals surface area contributed by atoms with Crippen LogP contribution in [0.25, 0.3) is 11.0 Å². The Kier molecular flexibility index (Phi) is 4.70. The molecule has 0 spiro atoms. The first kappa shape index (κ1) is 15.9. The highest BCUT2D eigenvalue weighted by atomic mass is 16.4. The predicted molar refractivity (Wildman–Crippen MR) is 82.5 cm³/mol. The van der Waals surface area contributed by atoms with E-state index < -0.39 is 17.3 Å². The maximum atomic E-state index is 12.2. The number of fused-ring (bicyclic) bond motifs is 1. The minimum Gasteiger partial charge on any atom is -0.481 e. The van der Waals surface area contributed by atoms with Crippen LogP contribution in [0.2, 0.25) is 0 Å². The van der Waals surface area contributed by atoms with Crippen LogP contribution in [0.3, 0.4) is 0 Å². The molecule has 0 atom stereocenters. The van der Waals surface area contributed by atoms with Gasteiger partial charge in [0.15, 0.2) is 0 Å². The fourth-order valence-electron chi connectivity index (χ4n) is 2.28. The highest BCUT2D eigenvalue weighted by Crippen LogP contribution is 2.25. The molecule has 0 aliphatic heterocycles. The van der Waals surface area contributed by atoms with Crippen molar-refractivity contribution in [2.24, 2.45) is 5.41 Å². The van der Waals surface area contributed by atoms with E-state index in [0.717, 1.165) is 0 Å². The molecule has 1 heterocycles. The lowest BCUT2D eigenvalue weighted by atomic mass is 9.82. The molecule has 116 valence electrons. The van der Waals surface area contributed by atoms with Gasteiger partial charge in [-0.25, -0.2) is 4.98 Å². The SMILES string of the molecule is CCC(CC)(CNC(=O)c1cnc2ccccc2n1)C(=O)O. The molecule has 0 unspecified atom stereocenters. The first-order chi connectivity index (χ1) is 10.5. The summed E-state index contributed by atoms with van der Waals surface area (Å²) in [5.41, 5.74) is 0.580. The zero-order valence-electron chi connectivity index (χ0n) is 12.7. The molecule has 0 bridgehead atoms. The quantitative estimate of drug-likeness (QED) is 0.853. The Morgan fingerprint density at radius 1 is 1.18 bits per heavy atom. The maximum Gasteiger partial charge on any atom is 0.311 e. The lowest BCUT2D eigenvalue weighted by Crippen LogP contribution is -2.42. The molecule has 6 heteroatoms. The largest absolute Gasteiger partial charge is 0.481 e. The molecule has 1 aromatic heterocycles. The Labute approximate surface area is 128 Å². The van der Waals surface area contributed by atoms with Gasteiger partial charge in [-0.3, -0.25) is 14.6 Å². The van der Waals surface area contributed by atoms with E-state index in [9.17, 15) is 14.7 Å². The van der Waals surface area contributed by atoms with Gasteiger partial charge in [0.25, 0.3) is 5.91 Å². The van der Waals surface area contributed by atoms with Crippen LogP contribution in [-0.4, -0.2) is 33.5 Å². The molecule has 0 aliphatic rings. The standard InChI is InChI=1S/C16H19N3O3/c1-3-16(4-2,15(21)22)10-18-14(20)13-9-17-11-7-5-6-8-12(11)19-13/h5-9H,3-4,10H2,1-2H3,(H,18,20)(H,21,22). The van der Waals surface area contributed by atoms with Crippen LogP contribution in [-0.2, 0) is 4.79 Å². The molecule has 2 N–H and O–H groups in total. The molecule has 6 nitrogen and oxygen atoms in total. The van der Waals surface area contributed by atoms with Gasteiger partial charge >= 0.3 is 5.97 Å². The van der Waals surface area contributed by atoms with Gasteiger partial charge in [-0.05, 0) is 25.0 Å². The third-order valence-corrected chi connectivity index (χ3v) is 4.08. The van der Waals surface area contributed by atoms with Crippen molar-refractivity contribution in [2.45, 2.75) is 26.7 Å². The van der Waals surface area contributed by atoms with E-state index in [-0.39, 0.29) is 12.2 Å². The van der Waals surface area contributed by atoms with Crippen molar-refractivity contribution in [2.75, 3.05) is 6.54 Å². The molecule has 0 aliphatic carbocycles. The average Bonchev–Trinajstić information content (AvgIpc) is 2.55. The first-order valence-corrected chi connectivity index (χ1v) is 7.26. The number of rotatable bonds is 6. The number of hydrogen-bond donors (Lipinski definition) is 2. The zero-order chi connectivity index (χ0) is 16.2. The zero-order valence-corrected chi connectivity index (χ0v) is 12.7. The Morgan fingerprint density at radius 3 is 2.41 bits per heavy atom. The number of nitrogens with one attached hydrogen (secondary N) is 1. The molecule has 1 amide bonds. The highest BCUT2D eigenvalue weighted by molar-refractivity contribution is 5.94. The highest BCUT2D eigenvalue weighted by Gasteiger charge is 2.35. The van der Waals surface area contributed by atoms with Gasteiger partial charge < -0.3 is 10.4 Å². The van der Waals surface area contributed by atoms with Crippen LogP contribution < -0.4 is 5.32 Å². The van der Waals surface area contributed by atoms with Crippen LogP contribution >= 0.6 is 0 Å². The van der Waals surface area contributed by atoms with Crippen LogP contribution in [0.1, 0.15) is 37.2 Å². The van der Waals surface area contributed by atoms with Gasteiger partial charge in [-0.2, -0.15) is 0 Å². The molecule has 2 aromatic rings. The summed E-state index contributed by atoms with van der Waals surface area (Å²) in [7, 11) is 0. The number of benzene rings is 1. The van der Waals surface area contributed by atoms with Gasteiger partial charge in [0.1, 0.15) is 5.69 Å². The molecule has 1 aromatic carbocycles. The summed E-state index contributed by atoms with van der Waals surface area (Å²) >= 11 is 0. The van der Waals surface area contributed by atoms with Crippen molar-refractivity contribution in [3.63, 3.8) is 0 Å².